The Balaban J connectivity index is 3.09. The molecule has 0 aliphatic heterocycles. The highest BCUT2D eigenvalue weighted by Gasteiger charge is 2.12. The van der Waals surface area contributed by atoms with Crippen molar-refractivity contribution in [2.45, 2.75) is 38.5 Å². The third-order valence-electron chi connectivity index (χ3n) is 2.11. The van der Waals surface area contributed by atoms with Gasteiger partial charge in [0.25, 0.3) is 0 Å². The maximum absolute atomic E-state index is 10.3. The molecule has 3 N–H and O–H groups in total. The number of hydrogen-bond donors (Lipinski definition) is 4. The molecular weight excluding hydrogens is 281 g/mol. The molecule has 0 aromatic carbocycles. The van der Waals surface area contributed by atoms with Gasteiger partial charge in [0.15, 0.2) is 0 Å². The molecule has 0 amide bonds. The molecule has 0 rings (SSSR count). The quantitative estimate of drug-likeness (QED) is 0.214. The Labute approximate surface area is 113 Å². The van der Waals surface area contributed by atoms with Crippen molar-refractivity contribution in [1.29, 1.82) is 0 Å². The van der Waals surface area contributed by atoms with Crippen molar-refractivity contribution >= 4 is 37.0 Å². The second kappa shape index (κ2) is 10.3. The van der Waals surface area contributed by atoms with Gasteiger partial charge in [0.05, 0.1) is 6.61 Å². The number of unbranched alkanes of at least 4 members (excludes halogenated alkanes) is 5. The van der Waals surface area contributed by atoms with Crippen LogP contribution >= 0.6 is 32.7 Å². The third kappa shape index (κ3) is 16.4. The number of nitrogens with one attached hydrogen (secondary N) is 1. The second-order valence-electron chi connectivity index (χ2n) is 3.68. The lowest BCUT2D eigenvalue weighted by molar-refractivity contribution is 0.193. The Morgan fingerprint density at radius 3 is 2.24 bits per heavy atom. The van der Waals surface area contributed by atoms with Crippen LogP contribution in [0.1, 0.15) is 38.5 Å². The van der Waals surface area contributed by atoms with Gasteiger partial charge in [-0.15, -0.1) is 12.6 Å². The van der Waals surface area contributed by atoms with Crippen molar-refractivity contribution in [1.82, 2.24) is 5.32 Å². The molecule has 0 aromatic heterocycles. The highest BCUT2D eigenvalue weighted by Crippen LogP contribution is 2.35. The van der Waals surface area contributed by atoms with Gasteiger partial charge in [-0.2, -0.15) is 0 Å². The van der Waals surface area contributed by atoms with Crippen LogP contribution in [0.3, 0.4) is 0 Å². The van der Waals surface area contributed by atoms with Crippen LogP contribution in [-0.4, -0.2) is 27.3 Å². The molecule has 0 saturated heterocycles. The molecule has 0 fully saturated rings. The van der Waals surface area contributed by atoms with E-state index in [2.05, 4.69) is 22.5 Å². The molecule has 0 aromatic rings. The van der Waals surface area contributed by atoms with Crippen molar-refractivity contribution in [3.8, 4) is 0 Å². The summed E-state index contributed by atoms with van der Waals surface area (Å²) in [5.74, 6) is 0. The average Bonchev–Trinajstić information content (AvgIpc) is 2.18. The van der Waals surface area contributed by atoms with Gasteiger partial charge >= 0.3 is 7.82 Å². The van der Waals surface area contributed by atoms with Crippen LogP contribution in [0.4, 0.5) is 0 Å². The molecule has 0 unspecified atom stereocenters. The number of hydrogen-bond acceptors (Lipinski definition) is 3. The zero-order valence-electron chi connectivity index (χ0n) is 9.67. The molecule has 0 aliphatic carbocycles. The van der Waals surface area contributed by atoms with Crippen LogP contribution in [0.25, 0.3) is 0 Å². The number of rotatable bonds is 10. The van der Waals surface area contributed by atoms with Gasteiger partial charge in [-0.1, -0.05) is 37.9 Å². The van der Waals surface area contributed by atoms with Crippen LogP contribution in [0.15, 0.2) is 0 Å². The predicted molar refractivity (Wildman–Crippen MR) is 75.3 cm³/mol. The van der Waals surface area contributed by atoms with Crippen LogP contribution < -0.4 is 5.32 Å². The first-order valence-corrected chi connectivity index (χ1v) is 7.97. The molecule has 0 saturated carbocycles. The van der Waals surface area contributed by atoms with E-state index in [9.17, 15) is 4.57 Å². The van der Waals surface area contributed by atoms with E-state index in [-0.39, 0.29) is 6.61 Å². The predicted octanol–water partition coefficient (Wildman–Crippen LogP) is 2.24. The van der Waals surface area contributed by atoms with E-state index in [1.165, 1.54) is 0 Å². The Hall–Kier alpha value is 0.350. The van der Waals surface area contributed by atoms with E-state index in [4.69, 9.17) is 22.0 Å². The summed E-state index contributed by atoms with van der Waals surface area (Å²) in [7, 11) is -4.27. The normalized spacial score (nSPS) is 11.5. The molecular formula is C9H20NO4PS2. The fourth-order valence-electron chi connectivity index (χ4n) is 1.31. The molecule has 0 radical (unpaired) electrons. The Morgan fingerprint density at radius 2 is 1.71 bits per heavy atom. The van der Waals surface area contributed by atoms with E-state index in [1.54, 1.807) is 0 Å². The lowest BCUT2D eigenvalue weighted by Gasteiger charge is -2.05. The lowest BCUT2D eigenvalue weighted by atomic mass is 10.1. The highest BCUT2D eigenvalue weighted by atomic mass is 32.1. The number of thiocarbonyl (C=S) groups is 1. The van der Waals surface area contributed by atoms with Gasteiger partial charge in [0.2, 0.25) is 0 Å². The third-order valence-corrected chi connectivity index (χ3v) is 2.93. The average molecular weight is 301 g/mol. The van der Waals surface area contributed by atoms with Crippen molar-refractivity contribution in [2.24, 2.45) is 0 Å². The number of thiol groups is 1. The SMILES string of the molecule is O=P(O)(O)OCCCCCCCCNC(=S)S. The monoisotopic (exact) mass is 301 g/mol. The molecule has 17 heavy (non-hydrogen) atoms. The molecule has 0 bridgehead atoms. The van der Waals surface area contributed by atoms with Gasteiger partial charge in [-0.05, 0) is 12.8 Å². The van der Waals surface area contributed by atoms with Gasteiger partial charge in [-0.3, -0.25) is 4.52 Å². The van der Waals surface area contributed by atoms with Crippen LogP contribution in [0, 0.1) is 0 Å². The first-order chi connectivity index (χ1) is 7.92. The molecule has 5 nitrogen and oxygen atoms in total. The summed E-state index contributed by atoms with van der Waals surface area (Å²) in [6.07, 6.45) is 5.94. The topological polar surface area (TPSA) is 78.8 Å². The van der Waals surface area contributed by atoms with E-state index >= 15 is 0 Å². The molecule has 0 atom stereocenters. The Kier molecular flexibility index (Phi) is 10.5. The highest BCUT2D eigenvalue weighted by molar-refractivity contribution is 8.11. The fourth-order valence-corrected chi connectivity index (χ4v) is 1.89. The lowest BCUT2D eigenvalue weighted by Crippen LogP contribution is -2.17. The van der Waals surface area contributed by atoms with Crippen LogP contribution in [-0.2, 0) is 9.09 Å². The number of phosphoric ester groups is 1. The van der Waals surface area contributed by atoms with E-state index in [0.717, 1.165) is 38.6 Å². The van der Waals surface area contributed by atoms with Crippen LogP contribution in [0.2, 0.25) is 0 Å². The van der Waals surface area contributed by atoms with Gasteiger partial charge in [-0.25, -0.2) is 4.57 Å². The summed E-state index contributed by atoms with van der Waals surface area (Å²) in [5, 5.41) is 2.96. The zero-order valence-corrected chi connectivity index (χ0v) is 12.3. The van der Waals surface area contributed by atoms with Crippen molar-refractivity contribution in [3.05, 3.63) is 0 Å². The van der Waals surface area contributed by atoms with E-state index < -0.39 is 7.82 Å². The molecule has 0 heterocycles. The smallest absolute Gasteiger partial charge is 0.371 e. The summed E-state index contributed by atoms with van der Waals surface area (Å²) in [6.45, 7) is 0.976. The van der Waals surface area contributed by atoms with Crippen molar-refractivity contribution in [2.75, 3.05) is 13.2 Å². The molecule has 0 spiro atoms. The zero-order chi connectivity index (χ0) is 13.1. The fraction of sp³-hybridized carbons (Fsp3) is 0.889. The van der Waals surface area contributed by atoms with Gasteiger partial charge in [0.1, 0.15) is 4.32 Å². The first-order valence-electron chi connectivity index (χ1n) is 5.59. The second-order valence-corrected chi connectivity index (χ2v) is 6.07. The summed E-state index contributed by atoms with van der Waals surface area (Å²) in [5.41, 5.74) is 0. The minimum absolute atomic E-state index is 0.125. The molecule has 102 valence electrons. The summed E-state index contributed by atoms with van der Waals surface area (Å²) >= 11 is 8.70. The largest absolute Gasteiger partial charge is 0.469 e. The summed E-state index contributed by atoms with van der Waals surface area (Å²) in [4.78, 5) is 16.9. The summed E-state index contributed by atoms with van der Waals surface area (Å²) in [6, 6.07) is 0. The standard InChI is InChI=1S/C9H20NO4PS2/c11-15(12,13)14-8-6-4-2-1-3-5-7-10-9(16)17/h1-8H2,(H2,10,16,17)(H2,11,12,13). The molecule has 0 aliphatic rings. The maximum atomic E-state index is 10.3. The Bertz CT molecular complexity index is 259. The minimum atomic E-state index is -4.27. The van der Waals surface area contributed by atoms with Crippen molar-refractivity contribution in [3.63, 3.8) is 0 Å². The minimum Gasteiger partial charge on any atom is -0.371 e. The summed E-state index contributed by atoms with van der Waals surface area (Å²) < 4.78 is 15.2. The molecule has 8 heteroatoms. The van der Waals surface area contributed by atoms with E-state index in [1.807, 2.05) is 0 Å². The van der Waals surface area contributed by atoms with Gasteiger partial charge in [0, 0.05) is 6.54 Å². The number of phosphoric acid groups is 1. The van der Waals surface area contributed by atoms with E-state index in [0.29, 0.717) is 10.7 Å². The van der Waals surface area contributed by atoms with Gasteiger partial charge < -0.3 is 15.1 Å². The Morgan fingerprint density at radius 1 is 1.18 bits per heavy atom. The van der Waals surface area contributed by atoms with Crippen LogP contribution in [0.5, 0.6) is 0 Å². The van der Waals surface area contributed by atoms with Crippen molar-refractivity contribution < 1.29 is 18.9 Å². The first kappa shape index (κ1) is 17.4. The maximum Gasteiger partial charge on any atom is 0.469 e.